The van der Waals surface area contributed by atoms with Crippen LogP contribution in [0.5, 0.6) is 5.75 Å². The molecule has 1 aromatic heterocycles. The molecule has 158 valence electrons. The van der Waals surface area contributed by atoms with Crippen molar-refractivity contribution in [3.8, 4) is 5.75 Å². The topological polar surface area (TPSA) is 46.5 Å². The minimum atomic E-state index is -4.26. The first-order valence-corrected chi connectivity index (χ1v) is 10.2. The van der Waals surface area contributed by atoms with Crippen LogP contribution in [0.3, 0.4) is 0 Å². The van der Waals surface area contributed by atoms with E-state index in [2.05, 4.69) is 10.2 Å². The highest BCUT2D eigenvalue weighted by molar-refractivity contribution is 5.86. The first-order chi connectivity index (χ1) is 13.9. The number of likely N-dealkylation sites (tertiary alicyclic amines) is 1. The van der Waals surface area contributed by atoms with Crippen LogP contribution < -0.4 is 10.1 Å². The van der Waals surface area contributed by atoms with E-state index in [0.29, 0.717) is 23.1 Å². The third-order valence-corrected chi connectivity index (χ3v) is 5.75. The van der Waals surface area contributed by atoms with Gasteiger partial charge in [0.25, 0.3) is 0 Å². The average molecular weight is 409 g/mol. The molecule has 2 aromatic rings. The van der Waals surface area contributed by atoms with Crippen LogP contribution in [0.2, 0.25) is 0 Å². The second-order valence-corrected chi connectivity index (χ2v) is 8.02. The summed E-state index contributed by atoms with van der Waals surface area (Å²) in [5.74, 6) is 0.784. The number of hydrogen-bond acceptors (Lipinski definition) is 3. The number of fused-ring (bicyclic) bond motifs is 1. The van der Waals surface area contributed by atoms with Gasteiger partial charge in [-0.25, -0.2) is 0 Å². The number of hydrogen-bond donors (Lipinski definition) is 1. The lowest BCUT2D eigenvalue weighted by Gasteiger charge is -2.35. The van der Waals surface area contributed by atoms with Crippen LogP contribution in [0.1, 0.15) is 32.1 Å². The molecule has 3 heterocycles. The number of benzene rings is 1. The average Bonchev–Trinajstić information content (AvgIpc) is 3.06. The molecule has 1 amide bonds. The number of nitrogens with one attached hydrogen (secondary N) is 1. The van der Waals surface area contributed by atoms with E-state index in [1.165, 1.54) is 10.8 Å². The lowest BCUT2D eigenvalue weighted by molar-refractivity contribution is -0.139. The van der Waals surface area contributed by atoms with E-state index in [-0.39, 0.29) is 18.1 Å². The fraction of sp³-hybridized carbons (Fsp3) is 0.571. The second kappa shape index (κ2) is 8.26. The maximum Gasteiger partial charge on any atom is 0.406 e. The fourth-order valence-corrected chi connectivity index (χ4v) is 4.35. The van der Waals surface area contributed by atoms with E-state index in [9.17, 15) is 18.0 Å². The minimum absolute atomic E-state index is 0.0452. The second-order valence-electron chi connectivity index (χ2n) is 8.02. The summed E-state index contributed by atoms with van der Waals surface area (Å²) in [6.45, 7) is 1.65. The summed E-state index contributed by atoms with van der Waals surface area (Å²) in [5.41, 5.74) is 0.533. The predicted octanol–water partition coefficient (Wildman–Crippen LogP) is 3.72. The van der Waals surface area contributed by atoms with Gasteiger partial charge in [0.2, 0.25) is 5.91 Å². The van der Waals surface area contributed by atoms with Gasteiger partial charge < -0.3 is 19.5 Å². The molecule has 2 fully saturated rings. The maximum atomic E-state index is 12.8. The van der Waals surface area contributed by atoms with Gasteiger partial charge in [0, 0.05) is 43.7 Å². The van der Waals surface area contributed by atoms with Crippen molar-refractivity contribution in [2.45, 2.75) is 57.0 Å². The summed E-state index contributed by atoms with van der Waals surface area (Å²) < 4.78 is 45.7. The Kier molecular flexibility index (Phi) is 5.72. The van der Waals surface area contributed by atoms with Crippen LogP contribution in [0, 0.1) is 0 Å². The van der Waals surface area contributed by atoms with Crippen LogP contribution in [-0.2, 0) is 11.3 Å². The van der Waals surface area contributed by atoms with Crippen molar-refractivity contribution in [2.24, 2.45) is 0 Å². The Morgan fingerprint density at radius 3 is 2.66 bits per heavy atom. The van der Waals surface area contributed by atoms with Crippen molar-refractivity contribution in [3.63, 3.8) is 0 Å². The zero-order chi connectivity index (χ0) is 20.4. The predicted molar refractivity (Wildman–Crippen MR) is 104 cm³/mol. The van der Waals surface area contributed by atoms with Crippen LogP contribution >= 0.6 is 0 Å². The lowest BCUT2D eigenvalue weighted by atomic mass is 10.0. The van der Waals surface area contributed by atoms with Gasteiger partial charge in [-0.15, -0.1) is 0 Å². The Bertz CT molecular complexity index is 856. The standard InChI is InChI=1S/C21H26F3N3O2/c22-21(23,24)14-27-12-9-17-18(27)4-2-5-19(17)29-16-7-10-26(11-8-16)13-15-3-1-6-20(28)25-15/h2,4-5,9,12,15-16H,1,3,6-8,10-11,13-14H2,(H,25,28). The summed E-state index contributed by atoms with van der Waals surface area (Å²) in [6, 6.07) is 7.18. The Hall–Kier alpha value is -2.22. The largest absolute Gasteiger partial charge is 0.490 e. The number of aromatic nitrogens is 1. The number of carbonyl (C=O) groups is 1. The summed E-state index contributed by atoms with van der Waals surface area (Å²) >= 11 is 0. The van der Waals surface area contributed by atoms with Gasteiger partial charge in [-0.05, 0) is 43.9 Å². The number of amides is 1. The third kappa shape index (κ3) is 5.04. The zero-order valence-corrected chi connectivity index (χ0v) is 16.3. The molecular weight excluding hydrogens is 383 g/mol. The van der Waals surface area contributed by atoms with E-state index < -0.39 is 12.7 Å². The minimum Gasteiger partial charge on any atom is -0.490 e. The Morgan fingerprint density at radius 1 is 1.14 bits per heavy atom. The van der Waals surface area contributed by atoms with Crippen LogP contribution in [0.15, 0.2) is 30.5 Å². The highest BCUT2D eigenvalue weighted by Gasteiger charge is 2.29. The van der Waals surface area contributed by atoms with E-state index in [1.807, 2.05) is 6.07 Å². The monoisotopic (exact) mass is 409 g/mol. The van der Waals surface area contributed by atoms with Gasteiger partial charge in [0.15, 0.2) is 0 Å². The normalized spacial score (nSPS) is 22.0. The Labute approximate surface area is 167 Å². The van der Waals surface area contributed by atoms with Gasteiger partial charge in [0.1, 0.15) is 18.4 Å². The molecule has 2 saturated heterocycles. The molecule has 0 radical (unpaired) electrons. The van der Waals surface area contributed by atoms with E-state index >= 15 is 0 Å². The lowest BCUT2D eigenvalue weighted by Crippen LogP contribution is -2.49. The van der Waals surface area contributed by atoms with E-state index in [0.717, 1.165) is 45.3 Å². The zero-order valence-electron chi connectivity index (χ0n) is 16.3. The van der Waals surface area contributed by atoms with Gasteiger partial charge in [0.05, 0.1) is 5.52 Å². The van der Waals surface area contributed by atoms with Crippen molar-refractivity contribution in [3.05, 3.63) is 30.5 Å². The molecule has 5 nitrogen and oxygen atoms in total. The van der Waals surface area contributed by atoms with Gasteiger partial charge >= 0.3 is 6.18 Å². The number of nitrogens with zero attached hydrogens (tertiary/aromatic N) is 2. The smallest absolute Gasteiger partial charge is 0.406 e. The van der Waals surface area contributed by atoms with Crippen LogP contribution in [0.4, 0.5) is 13.2 Å². The van der Waals surface area contributed by atoms with Gasteiger partial charge in [-0.1, -0.05) is 6.07 Å². The molecule has 0 bridgehead atoms. The number of rotatable bonds is 5. The Morgan fingerprint density at radius 2 is 1.93 bits per heavy atom. The van der Waals surface area contributed by atoms with Crippen molar-refractivity contribution in [2.75, 3.05) is 19.6 Å². The molecule has 1 unspecified atom stereocenters. The third-order valence-electron chi connectivity index (χ3n) is 5.75. The molecule has 2 aliphatic rings. The molecule has 0 spiro atoms. The van der Waals surface area contributed by atoms with Crippen molar-refractivity contribution in [1.82, 2.24) is 14.8 Å². The van der Waals surface area contributed by atoms with Crippen molar-refractivity contribution >= 4 is 16.8 Å². The summed E-state index contributed by atoms with van der Waals surface area (Å²) in [5, 5.41) is 3.77. The molecule has 2 aliphatic heterocycles. The molecule has 29 heavy (non-hydrogen) atoms. The first-order valence-electron chi connectivity index (χ1n) is 10.2. The Balaban J connectivity index is 1.34. The number of alkyl halides is 3. The summed E-state index contributed by atoms with van der Waals surface area (Å²) in [4.78, 5) is 13.9. The van der Waals surface area contributed by atoms with Crippen LogP contribution in [-0.4, -0.2) is 53.3 Å². The molecule has 1 N–H and O–H groups in total. The number of halogens is 3. The molecule has 0 saturated carbocycles. The van der Waals surface area contributed by atoms with Crippen LogP contribution in [0.25, 0.3) is 10.9 Å². The molecule has 8 heteroatoms. The molecule has 0 aliphatic carbocycles. The molecular formula is C21H26F3N3O2. The number of ether oxygens (including phenoxy) is 1. The van der Waals surface area contributed by atoms with E-state index in [4.69, 9.17) is 4.74 Å². The van der Waals surface area contributed by atoms with Crippen molar-refractivity contribution < 1.29 is 22.7 Å². The highest BCUT2D eigenvalue weighted by atomic mass is 19.4. The quantitative estimate of drug-likeness (QED) is 0.819. The fourth-order valence-electron chi connectivity index (χ4n) is 4.35. The van der Waals surface area contributed by atoms with E-state index in [1.54, 1.807) is 18.2 Å². The van der Waals surface area contributed by atoms with Crippen molar-refractivity contribution in [1.29, 1.82) is 0 Å². The highest BCUT2D eigenvalue weighted by Crippen LogP contribution is 2.31. The molecule has 4 rings (SSSR count). The number of piperidine rings is 2. The first kappa shape index (κ1) is 20.1. The molecule has 1 aromatic carbocycles. The summed E-state index contributed by atoms with van der Waals surface area (Å²) in [6.07, 6.45) is 1.58. The number of carbonyl (C=O) groups excluding carboxylic acids is 1. The molecule has 1 atom stereocenters. The van der Waals surface area contributed by atoms with Gasteiger partial charge in [-0.3, -0.25) is 4.79 Å². The summed E-state index contributed by atoms with van der Waals surface area (Å²) in [7, 11) is 0. The van der Waals surface area contributed by atoms with Gasteiger partial charge in [-0.2, -0.15) is 13.2 Å². The maximum absolute atomic E-state index is 12.8. The SMILES string of the molecule is O=C1CCCC(CN2CCC(Oc3cccc4c3ccn4CC(F)(F)F)CC2)N1.